The van der Waals surface area contributed by atoms with Gasteiger partial charge in [-0.15, -0.1) is 0 Å². The summed E-state index contributed by atoms with van der Waals surface area (Å²) in [5, 5.41) is 20.9. The largest absolute Gasteiger partial charge is 0.394 e. The van der Waals surface area contributed by atoms with Crippen molar-refractivity contribution in [1.29, 1.82) is 0 Å². The van der Waals surface area contributed by atoms with Crippen molar-refractivity contribution in [2.75, 3.05) is 0 Å². The maximum Gasteiger partial charge on any atom is 0.353 e. The molecule has 0 aliphatic heterocycles. The van der Waals surface area contributed by atoms with Gasteiger partial charge in [0.05, 0.1) is 27.1 Å². The van der Waals surface area contributed by atoms with Crippen LogP contribution in [0.15, 0.2) is 71.6 Å². The molecule has 6 rings (SSSR count). The normalized spacial score (nSPS) is 10.7. The Kier molecular flexibility index (Phi) is 14.6. The molecular formula is C30H32Cl2N6O9S2. The van der Waals surface area contributed by atoms with Gasteiger partial charge < -0.3 is 4.74 Å². The van der Waals surface area contributed by atoms with Crippen molar-refractivity contribution >= 4 is 90.3 Å². The van der Waals surface area contributed by atoms with Gasteiger partial charge in [-0.05, 0) is 51.1 Å². The minimum absolute atomic E-state index is 0.0516. The number of aromatic amines is 2. The molecule has 3 aromatic carbocycles. The summed E-state index contributed by atoms with van der Waals surface area (Å²) in [6.45, 7) is 9.62. The first-order valence-electron chi connectivity index (χ1n) is 13.8. The van der Waals surface area contributed by atoms with Gasteiger partial charge >= 0.3 is 21.3 Å². The molecule has 3 aromatic heterocycles. The minimum atomic E-state index is -4.19. The van der Waals surface area contributed by atoms with Crippen LogP contribution in [0.3, 0.4) is 0 Å². The Morgan fingerprint density at radius 3 is 1.67 bits per heavy atom. The van der Waals surface area contributed by atoms with Crippen molar-refractivity contribution in [3.05, 3.63) is 83.8 Å². The van der Waals surface area contributed by atoms with Crippen LogP contribution < -0.4 is 0 Å². The van der Waals surface area contributed by atoms with E-state index in [1.807, 2.05) is 63.2 Å². The van der Waals surface area contributed by atoms with E-state index in [4.69, 9.17) is 23.7 Å². The molecule has 19 heteroatoms. The third kappa shape index (κ3) is 13.4. The number of halogens is 2. The highest BCUT2D eigenvalue weighted by Crippen LogP contribution is 2.22. The van der Waals surface area contributed by atoms with E-state index in [2.05, 4.69) is 47.0 Å². The quantitative estimate of drug-likeness (QED) is 0.0784. The van der Waals surface area contributed by atoms with Crippen LogP contribution in [-0.2, 0) is 32.7 Å². The maximum absolute atomic E-state index is 11.2. The van der Waals surface area contributed by atoms with E-state index in [9.17, 15) is 22.8 Å². The molecule has 49 heavy (non-hydrogen) atoms. The van der Waals surface area contributed by atoms with Crippen LogP contribution in [0.4, 0.5) is 0 Å². The van der Waals surface area contributed by atoms with Crippen molar-refractivity contribution in [3.8, 4) is 0 Å². The third-order valence-corrected chi connectivity index (χ3v) is 7.36. The fourth-order valence-corrected chi connectivity index (χ4v) is 4.80. The van der Waals surface area contributed by atoms with E-state index in [0.717, 1.165) is 44.4 Å². The third-order valence-electron chi connectivity index (χ3n) is 6.01. The van der Waals surface area contributed by atoms with Crippen LogP contribution >= 0.6 is 21.4 Å². The summed E-state index contributed by atoms with van der Waals surface area (Å²) in [6, 6.07) is 20.4. The number of hydrogen-bond acceptors (Lipinski definition) is 11. The number of carbonyl (C=O) groups is 3. The lowest BCUT2D eigenvalue weighted by molar-refractivity contribution is -0.156. The number of nitrogens with zero attached hydrogens (tertiary/aromatic N) is 4. The molecule has 15 nitrogen and oxygen atoms in total. The number of nitrogens with one attached hydrogen (secondary N) is 2. The molecule has 0 atom stereocenters. The van der Waals surface area contributed by atoms with Crippen molar-refractivity contribution in [2.24, 2.45) is 0 Å². The van der Waals surface area contributed by atoms with E-state index < -0.39 is 30.3 Å². The number of aryl methyl sites for hydroxylation is 3. The number of hydrogen-bond donors (Lipinski definition) is 3. The second-order valence-corrected chi connectivity index (χ2v) is 14.4. The highest BCUT2D eigenvalue weighted by atomic mass is 35.7. The highest BCUT2D eigenvalue weighted by Gasteiger charge is 2.12. The summed E-state index contributed by atoms with van der Waals surface area (Å²) in [4.78, 5) is 30.9. The Morgan fingerprint density at radius 2 is 1.20 bits per heavy atom. The molecule has 0 aliphatic carbocycles. The monoisotopic (exact) mass is 754 g/mol. The molecule has 0 aliphatic rings. The number of rotatable bonds is 1. The molecule has 0 unspecified atom stereocenters. The molecule has 3 N–H and O–H groups in total. The number of esters is 2. The van der Waals surface area contributed by atoms with E-state index in [0.29, 0.717) is 0 Å². The number of H-pyrrole nitrogens is 2. The first-order chi connectivity index (χ1) is 22.7. The Morgan fingerprint density at radius 1 is 0.735 bits per heavy atom. The average molecular weight is 756 g/mol. The molecule has 0 saturated carbocycles. The summed E-state index contributed by atoms with van der Waals surface area (Å²) in [7, 11) is 1.42. The second kappa shape index (κ2) is 17.6. The zero-order chi connectivity index (χ0) is 37.1. The van der Waals surface area contributed by atoms with Gasteiger partial charge in [0.25, 0.3) is 9.05 Å². The number of aromatic nitrogens is 6. The molecule has 0 spiro atoms. The van der Waals surface area contributed by atoms with Crippen molar-refractivity contribution in [3.63, 3.8) is 0 Å². The number of carbonyl (C=O) groups excluding carboxylic acids is 3. The molecule has 0 fully saturated rings. The molecule has 262 valence electrons. The van der Waals surface area contributed by atoms with Crippen LogP contribution in [0, 0.1) is 20.8 Å². The Hall–Kier alpha value is -4.68. The topological polar surface area (TPSA) is 224 Å². The second-order valence-electron chi connectivity index (χ2n) is 9.86. The van der Waals surface area contributed by atoms with Crippen molar-refractivity contribution in [1.82, 2.24) is 30.2 Å². The number of para-hydroxylation sites is 2. The molecule has 0 saturated heterocycles. The van der Waals surface area contributed by atoms with Crippen LogP contribution in [0.1, 0.15) is 42.6 Å². The number of fused-ring (bicyclic) bond motifs is 3. The van der Waals surface area contributed by atoms with Gasteiger partial charge in [0.1, 0.15) is 0 Å². The van der Waals surface area contributed by atoms with Crippen LogP contribution in [0.5, 0.6) is 0 Å². The molecule has 3 heterocycles. The van der Waals surface area contributed by atoms with E-state index in [-0.39, 0.29) is 10.8 Å². The Bertz CT molecular complexity index is 2300. The fraction of sp³-hybridized carbons (Fsp3) is 0.200. The van der Waals surface area contributed by atoms with E-state index >= 15 is 0 Å². The van der Waals surface area contributed by atoms with Gasteiger partial charge in [-0.2, -0.15) is 23.7 Å². The molecule has 0 amide bonds. The standard InChI is InChI=1S/C10H10N2O.C8H7ClN2O2S.C8H8N2.C4H6O3.ClHO3S/c1-7-9-5-3-4-6-10(9)12(11-7)8(2)13;1-5-7-4-6(14(9,12)13)2-3-8(7)11-10-5;1-6-7-4-2-3-5-8(7)10-9-6;1-3(5)7-4(2)6;1-5(2,3)4/h3-6H,1-2H3;2-4H,1H3,(H,10,11);2-5H,1H3,(H,9,10);1-2H3;(H,2,3,4). The van der Waals surface area contributed by atoms with Crippen molar-refractivity contribution in [2.45, 2.75) is 46.4 Å². The zero-order valence-electron chi connectivity index (χ0n) is 26.9. The SMILES string of the molecule is CC(=O)OC(C)=O.CC(=O)n1nc(C)c2ccccc21.Cc1[nH]nc2ccc(S(=O)(=O)Cl)cc12.Cc1[nH]nc2ccccc12.O=S(=O)(O)Cl. The highest BCUT2D eigenvalue weighted by molar-refractivity contribution is 8.13. The van der Waals surface area contributed by atoms with Crippen LogP contribution in [0.25, 0.3) is 32.7 Å². The predicted molar refractivity (Wildman–Crippen MR) is 185 cm³/mol. The maximum atomic E-state index is 11.2. The van der Waals surface area contributed by atoms with Crippen LogP contribution in [-0.4, -0.2) is 69.4 Å². The summed E-state index contributed by atoms with van der Waals surface area (Å²) < 4.78 is 52.7. The summed E-state index contributed by atoms with van der Waals surface area (Å²) in [5.74, 6) is -1.18. The van der Waals surface area contributed by atoms with Crippen LogP contribution in [0.2, 0.25) is 0 Å². The molecule has 6 aromatic rings. The zero-order valence-corrected chi connectivity index (χ0v) is 30.1. The smallest absolute Gasteiger partial charge is 0.353 e. The van der Waals surface area contributed by atoms with Gasteiger partial charge in [-0.3, -0.25) is 29.1 Å². The predicted octanol–water partition coefficient (Wildman–Crippen LogP) is 5.80. The molecule has 0 bridgehead atoms. The van der Waals surface area contributed by atoms with Crippen molar-refractivity contribution < 1.29 is 40.5 Å². The van der Waals surface area contributed by atoms with Gasteiger partial charge in [-0.1, -0.05) is 36.4 Å². The van der Waals surface area contributed by atoms with E-state index in [1.54, 1.807) is 6.07 Å². The molecule has 0 radical (unpaired) electrons. The molecular weight excluding hydrogens is 723 g/mol. The number of ether oxygens (including phenoxy) is 1. The van der Waals surface area contributed by atoms with Gasteiger partial charge in [-0.25, -0.2) is 13.1 Å². The summed E-state index contributed by atoms with van der Waals surface area (Å²) in [5.41, 5.74) is 5.50. The van der Waals surface area contributed by atoms with Gasteiger partial charge in [0.15, 0.2) is 0 Å². The first kappa shape index (κ1) is 40.5. The van der Waals surface area contributed by atoms with Gasteiger partial charge in [0.2, 0.25) is 5.91 Å². The average Bonchev–Trinajstić information content (AvgIpc) is 3.67. The lowest BCUT2D eigenvalue weighted by atomic mass is 10.2. The lowest BCUT2D eigenvalue weighted by Crippen LogP contribution is -2.06. The fourth-order valence-electron chi connectivity index (χ4n) is 4.03. The number of benzene rings is 3. The Balaban J connectivity index is 0.000000222. The summed E-state index contributed by atoms with van der Waals surface area (Å²) in [6.07, 6.45) is 0. The van der Waals surface area contributed by atoms with E-state index in [1.165, 1.54) is 43.0 Å². The first-order valence-corrected chi connectivity index (χ1v) is 18.4. The summed E-state index contributed by atoms with van der Waals surface area (Å²) >= 11 is 0. The minimum Gasteiger partial charge on any atom is -0.394 e. The lowest BCUT2D eigenvalue weighted by Gasteiger charge is -1.95. The van der Waals surface area contributed by atoms with Gasteiger partial charge in [0, 0.05) is 69.7 Å². The Labute approximate surface area is 290 Å².